The van der Waals surface area contributed by atoms with Crippen molar-refractivity contribution in [3.05, 3.63) is 47.3 Å². The molecule has 0 atom stereocenters. The number of hydrogen-bond acceptors (Lipinski definition) is 3. The molecule has 0 aliphatic heterocycles. The van der Waals surface area contributed by atoms with Gasteiger partial charge < -0.3 is 10.4 Å². The van der Waals surface area contributed by atoms with Crippen LogP contribution < -0.4 is 5.32 Å². The summed E-state index contributed by atoms with van der Waals surface area (Å²) in [5, 5.41) is 15.5. The van der Waals surface area contributed by atoms with E-state index in [9.17, 15) is 9.59 Å². The molecule has 2 rings (SSSR count). The van der Waals surface area contributed by atoms with Gasteiger partial charge in [-0.1, -0.05) is 18.2 Å². The van der Waals surface area contributed by atoms with Crippen molar-refractivity contribution < 1.29 is 14.7 Å². The fourth-order valence-corrected chi connectivity index (χ4v) is 2.03. The molecular weight excluding hydrogens is 270 g/mol. The van der Waals surface area contributed by atoms with Crippen LogP contribution in [-0.2, 0) is 11.3 Å². The molecule has 0 saturated heterocycles. The molecule has 0 radical (unpaired) electrons. The lowest BCUT2D eigenvalue weighted by molar-refractivity contribution is -0.116. The van der Waals surface area contributed by atoms with Gasteiger partial charge in [0, 0.05) is 24.8 Å². The van der Waals surface area contributed by atoms with E-state index in [-0.39, 0.29) is 18.0 Å². The second-order valence-electron chi connectivity index (χ2n) is 4.83. The van der Waals surface area contributed by atoms with Gasteiger partial charge in [-0.05, 0) is 31.0 Å². The molecular formula is C15H17N3O3. The number of rotatable bonds is 5. The molecule has 6 nitrogen and oxygen atoms in total. The average molecular weight is 287 g/mol. The number of carboxylic acid groups (broad SMARTS) is 1. The Balaban J connectivity index is 1.94. The molecule has 0 saturated carbocycles. The number of amides is 1. The lowest BCUT2D eigenvalue weighted by Gasteiger charge is -2.11. The summed E-state index contributed by atoms with van der Waals surface area (Å²) in [6, 6.07) is 7.23. The molecule has 0 spiro atoms. The molecule has 21 heavy (non-hydrogen) atoms. The van der Waals surface area contributed by atoms with E-state index in [2.05, 4.69) is 10.4 Å². The Hall–Kier alpha value is -2.63. The van der Waals surface area contributed by atoms with Gasteiger partial charge in [0.25, 0.3) is 0 Å². The van der Waals surface area contributed by atoms with Gasteiger partial charge in [0.15, 0.2) is 5.69 Å². The number of benzene rings is 1. The van der Waals surface area contributed by atoms with Crippen LogP contribution in [0, 0.1) is 13.8 Å². The molecule has 0 unspecified atom stereocenters. The molecule has 1 aromatic carbocycles. The van der Waals surface area contributed by atoms with Crippen LogP contribution in [0.2, 0.25) is 0 Å². The molecule has 110 valence electrons. The summed E-state index contributed by atoms with van der Waals surface area (Å²) >= 11 is 0. The lowest BCUT2D eigenvalue weighted by atomic mass is 10.1. The number of carboxylic acids is 1. The highest BCUT2D eigenvalue weighted by Crippen LogP contribution is 2.19. The number of nitrogens with zero attached hydrogens (tertiary/aromatic N) is 2. The molecule has 0 fully saturated rings. The summed E-state index contributed by atoms with van der Waals surface area (Å²) in [6.45, 7) is 4.22. The maximum Gasteiger partial charge on any atom is 0.356 e. The van der Waals surface area contributed by atoms with Crippen LogP contribution in [0.15, 0.2) is 30.5 Å². The summed E-state index contributed by atoms with van der Waals surface area (Å²) in [4.78, 5) is 22.7. The van der Waals surface area contributed by atoms with Crippen LogP contribution in [0.5, 0.6) is 0 Å². The highest BCUT2D eigenvalue weighted by molar-refractivity contribution is 5.92. The fourth-order valence-electron chi connectivity index (χ4n) is 2.03. The Kier molecular flexibility index (Phi) is 4.37. The number of aromatic nitrogens is 2. The summed E-state index contributed by atoms with van der Waals surface area (Å²) < 4.78 is 1.45. The van der Waals surface area contributed by atoms with E-state index in [1.54, 1.807) is 6.20 Å². The van der Waals surface area contributed by atoms with Crippen LogP contribution in [-0.4, -0.2) is 26.8 Å². The standard InChI is InChI=1S/C15H17N3O3/c1-10-4-3-5-11(2)14(10)16-13(19)7-9-18-8-6-12(17-18)15(20)21/h3-6,8H,7,9H2,1-2H3,(H,16,19)(H,20,21). The molecule has 1 heterocycles. The van der Waals surface area contributed by atoms with E-state index in [0.29, 0.717) is 6.54 Å². The fraction of sp³-hybridized carbons (Fsp3) is 0.267. The summed E-state index contributed by atoms with van der Waals surface area (Å²) in [7, 11) is 0. The van der Waals surface area contributed by atoms with Gasteiger partial charge in [0.2, 0.25) is 5.91 Å². The molecule has 1 aromatic heterocycles. The molecule has 1 amide bonds. The molecule has 6 heteroatoms. The van der Waals surface area contributed by atoms with E-state index in [4.69, 9.17) is 5.11 Å². The number of nitrogens with one attached hydrogen (secondary N) is 1. The molecule has 2 aromatic rings. The van der Waals surface area contributed by atoms with Crippen molar-refractivity contribution in [2.45, 2.75) is 26.8 Å². The third-order valence-corrected chi connectivity index (χ3v) is 3.17. The zero-order valence-electron chi connectivity index (χ0n) is 12.0. The first-order valence-corrected chi connectivity index (χ1v) is 6.60. The number of aryl methyl sites for hydroxylation is 3. The van der Waals surface area contributed by atoms with Crippen molar-refractivity contribution in [3.8, 4) is 0 Å². The van der Waals surface area contributed by atoms with E-state index >= 15 is 0 Å². The van der Waals surface area contributed by atoms with Gasteiger partial charge in [0.1, 0.15) is 0 Å². The van der Waals surface area contributed by atoms with Crippen LogP contribution in [0.3, 0.4) is 0 Å². The topological polar surface area (TPSA) is 84.2 Å². The van der Waals surface area contributed by atoms with Gasteiger partial charge in [0.05, 0.1) is 0 Å². The molecule has 0 aliphatic carbocycles. The minimum Gasteiger partial charge on any atom is -0.476 e. The van der Waals surface area contributed by atoms with Gasteiger partial charge in [-0.15, -0.1) is 0 Å². The number of anilines is 1. The number of carbonyl (C=O) groups excluding carboxylic acids is 1. The Bertz CT molecular complexity index is 656. The van der Waals surface area contributed by atoms with Crippen LogP contribution in [0.25, 0.3) is 0 Å². The Morgan fingerprint density at radius 2 is 1.90 bits per heavy atom. The predicted octanol–water partition coefficient (Wildman–Crippen LogP) is 2.23. The van der Waals surface area contributed by atoms with Gasteiger partial charge >= 0.3 is 5.97 Å². The van der Waals surface area contributed by atoms with Crippen molar-refractivity contribution in [2.24, 2.45) is 0 Å². The Morgan fingerprint density at radius 1 is 1.24 bits per heavy atom. The van der Waals surface area contributed by atoms with Crippen molar-refractivity contribution >= 4 is 17.6 Å². The van der Waals surface area contributed by atoms with Crippen LogP contribution in [0.4, 0.5) is 5.69 Å². The zero-order valence-corrected chi connectivity index (χ0v) is 12.0. The minimum absolute atomic E-state index is 0.0230. The largest absolute Gasteiger partial charge is 0.476 e. The van der Waals surface area contributed by atoms with E-state index in [1.807, 2.05) is 32.0 Å². The highest BCUT2D eigenvalue weighted by atomic mass is 16.4. The highest BCUT2D eigenvalue weighted by Gasteiger charge is 2.09. The van der Waals surface area contributed by atoms with Gasteiger partial charge in [-0.25, -0.2) is 4.79 Å². The van der Waals surface area contributed by atoms with E-state index in [1.165, 1.54) is 10.7 Å². The second-order valence-corrected chi connectivity index (χ2v) is 4.83. The first-order valence-electron chi connectivity index (χ1n) is 6.60. The number of hydrogen-bond donors (Lipinski definition) is 2. The summed E-state index contributed by atoms with van der Waals surface area (Å²) in [5.41, 5.74) is 2.82. The van der Waals surface area contributed by atoms with E-state index in [0.717, 1.165) is 16.8 Å². The second kappa shape index (κ2) is 6.21. The van der Waals surface area contributed by atoms with Gasteiger partial charge in [-0.2, -0.15) is 5.10 Å². The van der Waals surface area contributed by atoms with E-state index < -0.39 is 5.97 Å². The quantitative estimate of drug-likeness (QED) is 0.883. The predicted molar refractivity (Wildman–Crippen MR) is 78.3 cm³/mol. The number of carbonyl (C=O) groups is 2. The third-order valence-electron chi connectivity index (χ3n) is 3.17. The third kappa shape index (κ3) is 3.68. The smallest absolute Gasteiger partial charge is 0.356 e. The number of para-hydroxylation sites is 1. The van der Waals surface area contributed by atoms with Crippen molar-refractivity contribution in [1.82, 2.24) is 9.78 Å². The number of aromatic carboxylic acids is 1. The molecule has 0 aliphatic rings. The van der Waals surface area contributed by atoms with Crippen LogP contribution in [0.1, 0.15) is 28.0 Å². The van der Waals surface area contributed by atoms with Crippen molar-refractivity contribution in [3.63, 3.8) is 0 Å². The SMILES string of the molecule is Cc1cccc(C)c1NC(=O)CCn1ccc(C(=O)O)n1. The first kappa shape index (κ1) is 14.8. The van der Waals surface area contributed by atoms with Crippen molar-refractivity contribution in [1.29, 1.82) is 0 Å². The van der Waals surface area contributed by atoms with Gasteiger partial charge in [-0.3, -0.25) is 9.48 Å². The average Bonchev–Trinajstić information content (AvgIpc) is 2.90. The lowest BCUT2D eigenvalue weighted by Crippen LogP contribution is -2.16. The summed E-state index contributed by atoms with van der Waals surface area (Å²) in [6.07, 6.45) is 1.78. The monoisotopic (exact) mass is 287 g/mol. The van der Waals surface area contributed by atoms with Crippen LogP contribution >= 0.6 is 0 Å². The maximum atomic E-state index is 12.0. The first-order chi connectivity index (χ1) is 9.97. The summed E-state index contributed by atoms with van der Waals surface area (Å²) in [5.74, 6) is -1.20. The van der Waals surface area contributed by atoms with Crippen molar-refractivity contribution in [2.75, 3.05) is 5.32 Å². The zero-order chi connectivity index (χ0) is 15.4. The maximum absolute atomic E-state index is 12.0. The molecule has 2 N–H and O–H groups in total. The Labute approximate surface area is 122 Å². The minimum atomic E-state index is -1.08. The normalized spacial score (nSPS) is 10.4. The molecule has 0 bridgehead atoms. The Morgan fingerprint density at radius 3 is 2.48 bits per heavy atom.